The Bertz CT molecular complexity index is 906. The number of rotatable bonds is 8. The van der Waals surface area contributed by atoms with Gasteiger partial charge in [0.2, 0.25) is 0 Å². The molecule has 0 aliphatic carbocycles. The minimum atomic E-state index is -3.70. The molecule has 0 bridgehead atoms. The number of ether oxygens (including phenoxy) is 1. The van der Waals surface area contributed by atoms with Gasteiger partial charge in [-0.05, 0) is 37.1 Å². The minimum absolute atomic E-state index is 0.110. The van der Waals surface area contributed by atoms with Crippen molar-refractivity contribution in [2.24, 2.45) is 0 Å². The molecule has 2 N–H and O–H groups in total. The molecular formula is C19H23NO5S. The predicted molar refractivity (Wildman–Crippen MR) is 101 cm³/mol. The summed E-state index contributed by atoms with van der Waals surface area (Å²) in [6, 6.07) is 9.77. The van der Waals surface area contributed by atoms with Crippen molar-refractivity contribution in [2.75, 3.05) is 18.1 Å². The summed E-state index contributed by atoms with van der Waals surface area (Å²) in [7, 11) is -3.70. The molecule has 0 radical (unpaired) electrons. The third-order valence-corrected chi connectivity index (χ3v) is 4.95. The highest BCUT2D eigenvalue weighted by Crippen LogP contribution is 2.38. The summed E-state index contributed by atoms with van der Waals surface area (Å²) in [6.07, 6.45) is 2.84. The summed E-state index contributed by atoms with van der Waals surface area (Å²) >= 11 is 0. The molecule has 2 rings (SSSR count). The first-order valence-electron chi connectivity index (χ1n) is 8.32. The average Bonchev–Trinajstić information content (AvgIpc) is 2.56. The van der Waals surface area contributed by atoms with Crippen LogP contribution in [0.4, 0.5) is 5.69 Å². The molecule has 0 spiro atoms. The smallest absolute Gasteiger partial charge is 0.335 e. The van der Waals surface area contributed by atoms with Crippen molar-refractivity contribution >= 4 is 21.5 Å². The minimum Gasteiger partial charge on any atom is -0.478 e. The molecule has 26 heavy (non-hydrogen) atoms. The van der Waals surface area contributed by atoms with Gasteiger partial charge in [0.15, 0.2) is 15.6 Å². The number of sulfone groups is 1. The molecule has 0 aliphatic rings. The van der Waals surface area contributed by atoms with E-state index in [0.717, 1.165) is 30.7 Å². The fourth-order valence-electron chi connectivity index (χ4n) is 2.42. The van der Waals surface area contributed by atoms with Gasteiger partial charge in [0.1, 0.15) is 10.6 Å². The second kappa shape index (κ2) is 8.23. The maximum atomic E-state index is 12.3. The zero-order valence-electron chi connectivity index (χ0n) is 15.1. The predicted octanol–water partition coefficient (Wildman–Crippen LogP) is 4.10. The molecule has 0 atom stereocenters. The SMILES string of the molecule is CCCCNc1cc(C(=O)O)cc(S(C)(=O)=O)c1Oc1ccccc1C. The topological polar surface area (TPSA) is 92.7 Å². The Hall–Kier alpha value is -2.54. The molecule has 0 saturated heterocycles. The van der Waals surface area contributed by atoms with Crippen molar-refractivity contribution in [3.8, 4) is 11.5 Å². The van der Waals surface area contributed by atoms with Gasteiger partial charge in [-0.15, -0.1) is 0 Å². The third kappa shape index (κ3) is 4.76. The molecule has 2 aromatic carbocycles. The third-order valence-electron chi connectivity index (χ3n) is 3.85. The number of para-hydroxylation sites is 1. The summed E-state index contributed by atoms with van der Waals surface area (Å²) in [5, 5.41) is 12.4. The van der Waals surface area contributed by atoms with E-state index in [1.165, 1.54) is 6.07 Å². The lowest BCUT2D eigenvalue weighted by molar-refractivity contribution is 0.0696. The molecule has 6 nitrogen and oxygen atoms in total. The van der Waals surface area contributed by atoms with Crippen LogP contribution in [-0.2, 0) is 9.84 Å². The molecule has 0 amide bonds. The normalized spacial score (nSPS) is 11.2. The first-order chi connectivity index (χ1) is 12.2. The number of carboxylic acids is 1. The summed E-state index contributed by atoms with van der Waals surface area (Å²) in [5.74, 6) is -0.571. The van der Waals surface area contributed by atoms with Crippen molar-refractivity contribution in [3.05, 3.63) is 47.5 Å². The zero-order valence-corrected chi connectivity index (χ0v) is 15.9. The van der Waals surface area contributed by atoms with Gasteiger partial charge in [0, 0.05) is 12.8 Å². The molecule has 7 heteroatoms. The largest absolute Gasteiger partial charge is 0.478 e. The Kier molecular flexibility index (Phi) is 6.26. The molecule has 2 aromatic rings. The second-order valence-corrected chi connectivity index (χ2v) is 8.06. The number of hydrogen-bond donors (Lipinski definition) is 2. The highest BCUT2D eigenvalue weighted by atomic mass is 32.2. The van der Waals surface area contributed by atoms with Gasteiger partial charge in [-0.1, -0.05) is 31.5 Å². The highest BCUT2D eigenvalue weighted by molar-refractivity contribution is 7.90. The van der Waals surface area contributed by atoms with Crippen LogP contribution in [-0.4, -0.2) is 32.3 Å². The van der Waals surface area contributed by atoms with Crippen LogP contribution in [0.2, 0.25) is 0 Å². The van der Waals surface area contributed by atoms with Gasteiger partial charge in [-0.25, -0.2) is 13.2 Å². The lowest BCUT2D eigenvalue weighted by Gasteiger charge is -2.18. The van der Waals surface area contributed by atoms with Gasteiger partial charge in [0.25, 0.3) is 0 Å². The first-order valence-corrected chi connectivity index (χ1v) is 10.2. The van der Waals surface area contributed by atoms with E-state index in [1.54, 1.807) is 12.1 Å². The van der Waals surface area contributed by atoms with Gasteiger partial charge in [0.05, 0.1) is 11.3 Å². The van der Waals surface area contributed by atoms with E-state index >= 15 is 0 Å². The lowest BCUT2D eigenvalue weighted by Crippen LogP contribution is -2.10. The zero-order chi connectivity index (χ0) is 19.3. The molecule has 0 unspecified atom stereocenters. The van der Waals surface area contributed by atoms with E-state index in [2.05, 4.69) is 5.32 Å². The second-order valence-electron chi connectivity index (χ2n) is 6.08. The molecular weight excluding hydrogens is 354 g/mol. The molecule has 0 saturated carbocycles. The van der Waals surface area contributed by atoms with Gasteiger partial charge < -0.3 is 15.2 Å². The number of hydrogen-bond acceptors (Lipinski definition) is 5. The number of carboxylic acid groups (broad SMARTS) is 1. The summed E-state index contributed by atoms with van der Waals surface area (Å²) < 4.78 is 30.5. The number of aryl methyl sites for hydroxylation is 1. The monoisotopic (exact) mass is 377 g/mol. The molecule has 140 valence electrons. The summed E-state index contributed by atoms with van der Waals surface area (Å²) in [6.45, 7) is 4.46. The van der Waals surface area contributed by atoms with Crippen LogP contribution in [0.15, 0.2) is 41.3 Å². The van der Waals surface area contributed by atoms with Crippen LogP contribution in [0.3, 0.4) is 0 Å². The Balaban J connectivity index is 2.63. The van der Waals surface area contributed by atoms with Crippen LogP contribution in [0, 0.1) is 6.92 Å². The summed E-state index contributed by atoms with van der Waals surface area (Å²) in [4.78, 5) is 11.3. The average molecular weight is 377 g/mol. The number of carbonyl (C=O) groups is 1. The van der Waals surface area contributed by atoms with Crippen molar-refractivity contribution in [1.29, 1.82) is 0 Å². The number of nitrogens with one attached hydrogen (secondary N) is 1. The first kappa shape index (κ1) is 19.8. The van der Waals surface area contributed by atoms with E-state index in [9.17, 15) is 18.3 Å². The Morgan fingerprint density at radius 2 is 1.92 bits per heavy atom. The maximum absolute atomic E-state index is 12.3. The van der Waals surface area contributed by atoms with E-state index < -0.39 is 15.8 Å². The number of unbranched alkanes of at least 4 members (excludes halogenated alkanes) is 1. The highest BCUT2D eigenvalue weighted by Gasteiger charge is 2.23. The molecule has 0 fully saturated rings. The van der Waals surface area contributed by atoms with Gasteiger partial charge in [-0.2, -0.15) is 0 Å². The van der Waals surface area contributed by atoms with Crippen molar-refractivity contribution < 1.29 is 23.1 Å². The number of anilines is 1. The molecule has 0 heterocycles. The van der Waals surface area contributed by atoms with Crippen LogP contribution < -0.4 is 10.1 Å². The Labute approximate surface area is 153 Å². The summed E-state index contributed by atoms with van der Waals surface area (Å²) in [5.41, 5.74) is 1.08. The van der Waals surface area contributed by atoms with E-state index in [1.807, 2.05) is 26.0 Å². The molecule has 0 aliphatic heterocycles. The Morgan fingerprint density at radius 1 is 1.23 bits per heavy atom. The van der Waals surface area contributed by atoms with Crippen molar-refractivity contribution in [1.82, 2.24) is 0 Å². The molecule has 0 aromatic heterocycles. The fourth-order valence-corrected chi connectivity index (χ4v) is 3.25. The van der Waals surface area contributed by atoms with Gasteiger partial charge >= 0.3 is 5.97 Å². The number of aromatic carboxylic acids is 1. The van der Waals surface area contributed by atoms with Crippen molar-refractivity contribution in [3.63, 3.8) is 0 Å². The standard InChI is InChI=1S/C19H23NO5S/c1-4-5-10-20-15-11-14(19(21)22)12-17(26(3,23)24)18(15)25-16-9-7-6-8-13(16)2/h6-9,11-12,20H,4-5,10H2,1-3H3,(H,21,22). The quantitative estimate of drug-likeness (QED) is 0.673. The van der Waals surface area contributed by atoms with E-state index in [4.69, 9.17) is 4.74 Å². The number of benzene rings is 2. The van der Waals surface area contributed by atoms with Crippen LogP contribution in [0.25, 0.3) is 0 Å². The van der Waals surface area contributed by atoms with E-state index in [-0.39, 0.29) is 16.2 Å². The Morgan fingerprint density at radius 3 is 2.50 bits per heavy atom. The maximum Gasteiger partial charge on any atom is 0.335 e. The van der Waals surface area contributed by atoms with E-state index in [0.29, 0.717) is 18.0 Å². The van der Waals surface area contributed by atoms with Crippen LogP contribution in [0.1, 0.15) is 35.7 Å². The van der Waals surface area contributed by atoms with Crippen LogP contribution in [0.5, 0.6) is 11.5 Å². The van der Waals surface area contributed by atoms with Crippen LogP contribution >= 0.6 is 0 Å². The fraction of sp³-hybridized carbons (Fsp3) is 0.316. The lowest BCUT2D eigenvalue weighted by atomic mass is 10.1. The van der Waals surface area contributed by atoms with Gasteiger partial charge in [-0.3, -0.25) is 0 Å². The van der Waals surface area contributed by atoms with Crippen molar-refractivity contribution in [2.45, 2.75) is 31.6 Å².